The first-order valence-electron chi connectivity index (χ1n) is 15.6. The fraction of sp³-hybridized carbons (Fsp3) is 0.0227. The number of para-hydroxylation sites is 2. The molecule has 2 heteroatoms. The fourth-order valence-electron chi connectivity index (χ4n) is 7.02. The SMILES string of the molecule is C=Cc1cc(-c2ccc(-c3ccc4c(c3)N(c3ccccc3N=C)Cc3cc5ccccc5cc3-4)cc2)c2ccccc2c1C=C. The number of nitrogens with zero attached hydrogens (tertiary/aromatic N) is 2. The van der Waals surface area contributed by atoms with Crippen LogP contribution in [0.15, 0.2) is 152 Å². The quantitative estimate of drug-likeness (QED) is 0.176. The second-order valence-corrected chi connectivity index (χ2v) is 11.8. The number of aliphatic imine (C=N–C) groups is 1. The Hall–Kier alpha value is -5.99. The summed E-state index contributed by atoms with van der Waals surface area (Å²) >= 11 is 0. The maximum Gasteiger partial charge on any atom is 0.0859 e. The summed E-state index contributed by atoms with van der Waals surface area (Å²) in [6, 6.07) is 48.1. The average Bonchev–Trinajstić information content (AvgIpc) is 3.12. The second-order valence-electron chi connectivity index (χ2n) is 11.8. The Morgan fingerprint density at radius 2 is 1.22 bits per heavy atom. The number of anilines is 2. The van der Waals surface area contributed by atoms with Crippen molar-refractivity contribution in [1.82, 2.24) is 0 Å². The summed E-state index contributed by atoms with van der Waals surface area (Å²) in [5, 5.41) is 4.90. The van der Waals surface area contributed by atoms with Gasteiger partial charge in [0, 0.05) is 12.1 Å². The number of rotatable bonds is 6. The van der Waals surface area contributed by atoms with Gasteiger partial charge in [-0.3, -0.25) is 4.99 Å². The van der Waals surface area contributed by atoms with Crippen molar-refractivity contribution in [1.29, 1.82) is 0 Å². The number of hydrogen-bond donors (Lipinski definition) is 0. The van der Waals surface area contributed by atoms with E-state index in [4.69, 9.17) is 0 Å². The van der Waals surface area contributed by atoms with Crippen molar-refractivity contribution >= 4 is 57.5 Å². The predicted molar refractivity (Wildman–Crippen MR) is 199 cm³/mol. The topological polar surface area (TPSA) is 15.6 Å². The molecule has 0 aromatic heterocycles. The molecule has 8 rings (SSSR count). The lowest BCUT2D eigenvalue weighted by molar-refractivity contribution is 0.963. The number of benzene rings is 7. The Kier molecular flexibility index (Phi) is 6.69. The third-order valence-electron chi connectivity index (χ3n) is 9.29. The van der Waals surface area contributed by atoms with Gasteiger partial charge >= 0.3 is 0 Å². The monoisotopic (exact) mass is 588 g/mol. The van der Waals surface area contributed by atoms with Crippen LogP contribution >= 0.6 is 0 Å². The first kappa shape index (κ1) is 27.6. The van der Waals surface area contributed by atoms with E-state index < -0.39 is 0 Å². The molecule has 0 saturated heterocycles. The third-order valence-corrected chi connectivity index (χ3v) is 9.29. The fourth-order valence-corrected chi connectivity index (χ4v) is 7.02. The number of fused-ring (bicyclic) bond motifs is 5. The smallest absolute Gasteiger partial charge is 0.0859 e. The molecule has 7 aromatic carbocycles. The largest absolute Gasteiger partial charge is 0.335 e. The summed E-state index contributed by atoms with van der Waals surface area (Å²) in [6.45, 7) is 12.8. The van der Waals surface area contributed by atoms with E-state index in [0.29, 0.717) is 0 Å². The second kappa shape index (κ2) is 11.2. The van der Waals surface area contributed by atoms with E-state index >= 15 is 0 Å². The normalized spacial score (nSPS) is 12.0. The van der Waals surface area contributed by atoms with Crippen molar-refractivity contribution in [3.05, 3.63) is 163 Å². The molecule has 218 valence electrons. The highest BCUT2D eigenvalue weighted by Gasteiger charge is 2.26. The molecule has 0 fully saturated rings. The minimum Gasteiger partial charge on any atom is -0.335 e. The Bertz CT molecular complexity index is 2340. The molecule has 46 heavy (non-hydrogen) atoms. The van der Waals surface area contributed by atoms with Crippen LogP contribution in [0.1, 0.15) is 16.7 Å². The molecule has 0 unspecified atom stereocenters. The molecule has 7 aromatic rings. The standard InChI is InChI=1S/C44H32N2/c1-4-29-25-40(38-15-9-8-14-37(38)36(29)5-2)31-20-18-30(19-21-31)34-22-23-39-41-26-33-13-7-6-12-32(33)24-35(41)28-46(44(39)27-34)43-17-11-10-16-42(43)45-3/h4-27H,1-3,28H2. The highest BCUT2D eigenvalue weighted by Crippen LogP contribution is 2.47. The summed E-state index contributed by atoms with van der Waals surface area (Å²) in [6.07, 6.45) is 3.84. The van der Waals surface area contributed by atoms with Crippen LogP contribution in [0.3, 0.4) is 0 Å². The summed E-state index contributed by atoms with van der Waals surface area (Å²) in [4.78, 5) is 6.77. The lowest BCUT2D eigenvalue weighted by atomic mass is 9.88. The highest BCUT2D eigenvalue weighted by atomic mass is 15.2. The van der Waals surface area contributed by atoms with E-state index in [1.807, 2.05) is 24.3 Å². The van der Waals surface area contributed by atoms with Crippen LogP contribution < -0.4 is 4.90 Å². The Balaban J connectivity index is 1.26. The molecule has 0 amide bonds. The lowest BCUT2D eigenvalue weighted by Gasteiger charge is -2.34. The van der Waals surface area contributed by atoms with Crippen LogP contribution in [-0.2, 0) is 6.54 Å². The average molecular weight is 589 g/mol. The molecule has 2 nitrogen and oxygen atoms in total. The van der Waals surface area contributed by atoms with Crippen LogP contribution in [0.25, 0.3) is 67.1 Å². The molecule has 1 aliphatic rings. The molecule has 0 atom stereocenters. The molecule has 1 heterocycles. The van der Waals surface area contributed by atoms with Gasteiger partial charge in [-0.1, -0.05) is 122 Å². The predicted octanol–water partition coefficient (Wildman–Crippen LogP) is 12.3. The van der Waals surface area contributed by atoms with E-state index in [2.05, 4.69) is 151 Å². The van der Waals surface area contributed by atoms with Gasteiger partial charge in [0.15, 0.2) is 0 Å². The summed E-state index contributed by atoms with van der Waals surface area (Å²) in [7, 11) is 0. The zero-order valence-corrected chi connectivity index (χ0v) is 25.6. The van der Waals surface area contributed by atoms with Gasteiger partial charge in [0.2, 0.25) is 0 Å². The van der Waals surface area contributed by atoms with Gasteiger partial charge < -0.3 is 4.90 Å². The first-order chi connectivity index (χ1) is 22.7. The Morgan fingerprint density at radius 3 is 1.98 bits per heavy atom. The van der Waals surface area contributed by atoms with Crippen LogP contribution in [0.2, 0.25) is 0 Å². The van der Waals surface area contributed by atoms with E-state index in [-0.39, 0.29) is 0 Å². The van der Waals surface area contributed by atoms with Crippen LogP contribution in [0, 0.1) is 0 Å². The van der Waals surface area contributed by atoms with E-state index in [1.165, 1.54) is 66.2 Å². The molecule has 0 radical (unpaired) electrons. The zero-order chi connectivity index (χ0) is 31.2. The molecule has 0 bridgehead atoms. The van der Waals surface area contributed by atoms with E-state index in [9.17, 15) is 0 Å². The van der Waals surface area contributed by atoms with Crippen LogP contribution in [0.5, 0.6) is 0 Å². The molecule has 0 spiro atoms. The van der Waals surface area contributed by atoms with Crippen LogP contribution in [0.4, 0.5) is 17.1 Å². The minimum atomic E-state index is 0.751. The van der Waals surface area contributed by atoms with Crippen molar-refractivity contribution in [2.24, 2.45) is 4.99 Å². The van der Waals surface area contributed by atoms with E-state index in [1.54, 1.807) is 0 Å². The van der Waals surface area contributed by atoms with Gasteiger partial charge in [-0.25, -0.2) is 0 Å². The molecular weight excluding hydrogens is 556 g/mol. The summed E-state index contributed by atoms with van der Waals surface area (Å²) < 4.78 is 0. The summed E-state index contributed by atoms with van der Waals surface area (Å²) in [5.74, 6) is 0. The Morgan fingerprint density at radius 1 is 0.543 bits per heavy atom. The van der Waals surface area contributed by atoms with Gasteiger partial charge in [-0.15, -0.1) is 0 Å². The molecule has 0 N–H and O–H groups in total. The molecule has 0 aliphatic carbocycles. The van der Waals surface area contributed by atoms with Crippen molar-refractivity contribution in [3.8, 4) is 33.4 Å². The van der Waals surface area contributed by atoms with Crippen molar-refractivity contribution in [2.75, 3.05) is 4.90 Å². The maximum atomic E-state index is 4.39. The van der Waals surface area contributed by atoms with Gasteiger partial charge in [0.25, 0.3) is 0 Å². The molecule has 1 aliphatic heterocycles. The zero-order valence-electron chi connectivity index (χ0n) is 25.6. The van der Waals surface area contributed by atoms with Gasteiger partial charge in [0.05, 0.1) is 17.1 Å². The minimum absolute atomic E-state index is 0.751. The van der Waals surface area contributed by atoms with Gasteiger partial charge in [-0.05, 0) is 109 Å². The van der Waals surface area contributed by atoms with Crippen LogP contribution in [-0.4, -0.2) is 6.72 Å². The van der Waals surface area contributed by atoms with Crippen molar-refractivity contribution < 1.29 is 0 Å². The lowest BCUT2D eigenvalue weighted by Crippen LogP contribution is -2.21. The highest BCUT2D eigenvalue weighted by molar-refractivity contribution is 6.04. The molecule has 0 saturated carbocycles. The Labute approximate surface area is 269 Å². The first-order valence-corrected chi connectivity index (χ1v) is 15.6. The molecular formula is C44H32N2. The summed E-state index contributed by atoms with van der Waals surface area (Å²) in [5.41, 5.74) is 13.8. The third kappa shape index (κ3) is 4.46. The van der Waals surface area contributed by atoms with Crippen molar-refractivity contribution in [3.63, 3.8) is 0 Å². The van der Waals surface area contributed by atoms with Gasteiger partial charge in [0.1, 0.15) is 0 Å². The van der Waals surface area contributed by atoms with E-state index in [0.717, 1.165) is 29.0 Å². The maximum absolute atomic E-state index is 4.39. The number of hydrogen-bond acceptors (Lipinski definition) is 2. The van der Waals surface area contributed by atoms with Gasteiger partial charge in [-0.2, -0.15) is 0 Å². The van der Waals surface area contributed by atoms with Crippen molar-refractivity contribution in [2.45, 2.75) is 6.54 Å².